The van der Waals surface area contributed by atoms with Gasteiger partial charge in [-0.1, -0.05) is 43.5 Å². The van der Waals surface area contributed by atoms with Gasteiger partial charge in [0, 0.05) is 20.2 Å². The Labute approximate surface area is 131 Å². The second-order valence-corrected chi connectivity index (χ2v) is 6.32. The van der Waals surface area contributed by atoms with Crippen LogP contribution in [-0.2, 0) is 0 Å². The highest BCUT2D eigenvalue weighted by Crippen LogP contribution is 2.22. The lowest BCUT2D eigenvalue weighted by atomic mass is 10.1. The van der Waals surface area contributed by atoms with Crippen molar-refractivity contribution >= 4 is 65.3 Å². The Hall–Kier alpha value is 0.420. The lowest BCUT2D eigenvalue weighted by Crippen LogP contribution is -2.49. The number of carbonyl (C=O) groups excluding carboxylic acids is 1. The molecule has 0 aromatic heterocycles. The van der Waals surface area contributed by atoms with Crippen molar-refractivity contribution in [1.29, 1.82) is 0 Å². The van der Waals surface area contributed by atoms with Gasteiger partial charge in [-0.3, -0.25) is 4.79 Å². The van der Waals surface area contributed by atoms with Crippen LogP contribution in [0.15, 0.2) is 22.7 Å². The monoisotopic (exact) mass is 445 g/mol. The molecule has 6 heteroatoms. The molecule has 2 nitrogen and oxygen atoms in total. The quantitative estimate of drug-likeness (QED) is 0.681. The van der Waals surface area contributed by atoms with Gasteiger partial charge in [0.1, 0.15) is 0 Å². The van der Waals surface area contributed by atoms with Gasteiger partial charge in [-0.15, -0.1) is 0 Å². The Kier molecular flexibility index (Phi) is 5.96. The van der Waals surface area contributed by atoms with E-state index in [1.165, 1.54) is 0 Å². The number of benzene rings is 1. The molecule has 0 saturated carbocycles. The molecule has 0 heterocycles. The van der Waals surface area contributed by atoms with Crippen molar-refractivity contribution < 1.29 is 4.79 Å². The summed E-state index contributed by atoms with van der Waals surface area (Å²) in [5, 5.41) is 4.82. The van der Waals surface area contributed by atoms with Gasteiger partial charge in [0.05, 0.1) is 11.1 Å². The van der Waals surface area contributed by atoms with Crippen molar-refractivity contribution in [3.05, 3.63) is 33.3 Å². The second kappa shape index (κ2) is 6.55. The molecule has 0 radical (unpaired) electrons. The van der Waals surface area contributed by atoms with E-state index in [1.54, 1.807) is 18.2 Å². The summed E-state index contributed by atoms with van der Waals surface area (Å²) in [6.07, 6.45) is 0. The molecule has 0 unspecified atom stereocenters. The molecule has 0 bridgehead atoms. The fourth-order valence-electron chi connectivity index (χ4n) is 1.12. The number of nitrogens with one attached hydrogen (secondary N) is 1. The fraction of sp³-hybridized carbons (Fsp3) is 0.364. The van der Waals surface area contributed by atoms with Crippen LogP contribution in [0.5, 0.6) is 0 Å². The first-order chi connectivity index (χ1) is 7.91. The Balaban J connectivity index is 2.94. The predicted molar refractivity (Wildman–Crippen MR) is 82.6 cm³/mol. The smallest absolute Gasteiger partial charge is 0.252 e. The van der Waals surface area contributed by atoms with Crippen molar-refractivity contribution in [3.8, 4) is 0 Å². The first-order valence-electron chi connectivity index (χ1n) is 4.81. The minimum Gasteiger partial charge on any atom is -0.345 e. The van der Waals surface area contributed by atoms with E-state index in [1.807, 2.05) is 6.92 Å². The molecule has 0 aliphatic rings. The maximum Gasteiger partial charge on any atom is 0.252 e. The maximum atomic E-state index is 12.1. The molecule has 1 amide bonds. The molecule has 0 aliphatic heterocycles. The highest BCUT2D eigenvalue weighted by atomic mass is 79.9. The van der Waals surface area contributed by atoms with Crippen LogP contribution in [0.1, 0.15) is 17.3 Å². The third kappa shape index (κ3) is 4.23. The second-order valence-electron chi connectivity index (χ2n) is 3.91. The van der Waals surface area contributed by atoms with E-state index in [0.29, 0.717) is 21.2 Å². The predicted octanol–water partition coefficient (Wildman–Crippen LogP) is 4.38. The van der Waals surface area contributed by atoms with Gasteiger partial charge in [-0.05, 0) is 41.1 Å². The van der Waals surface area contributed by atoms with E-state index >= 15 is 0 Å². The fourth-order valence-corrected chi connectivity index (χ4v) is 2.92. The summed E-state index contributed by atoms with van der Waals surface area (Å²) in [4.78, 5) is 12.1. The molecule has 0 aliphatic carbocycles. The van der Waals surface area contributed by atoms with Crippen LogP contribution < -0.4 is 5.32 Å². The number of hydrogen-bond donors (Lipinski definition) is 1. The summed E-state index contributed by atoms with van der Waals surface area (Å²) in [7, 11) is 0. The van der Waals surface area contributed by atoms with Crippen LogP contribution in [-0.4, -0.2) is 22.1 Å². The van der Waals surface area contributed by atoms with Crippen molar-refractivity contribution in [2.45, 2.75) is 12.5 Å². The molecule has 0 spiro atoms. The normalized spacial score (nSPS) is 11.4. The van der Waals surface area contributed by atoms with Crippen molar-refractivity contribution in [1.82, 2.24) is 5.32 Å². The van der Waals surface area contributed by atoms with Crippen molar-refractivity contribution in [2.24, 2.45) is 0 Å². The van der Waals surface area contributed by atoms with Gasteiger partial charge in [0.2, 0.25) is 0 Å². The Morgan fingerprint density at radius 3 is 2.53 bits per heavy atom. The average molecular weight is 448 g/mol. The van der Waals surface area contributed by atoms with Gasteiger partial charge < -0.3 is 5.32 Å². The summed E-state index contributed by atoms with van der Waals surface area (Å²) in [5.41, 5.74) is 0.199. The lowest BCUT2D eigenvalue weighted by molar-refractivity contribution is 0.0922. The number of carbonyl (C=O) groups is 1. The van der Waals surface area contributed by atoms with Gasteiger partial charge in [-0.25, -0.2) is 0 Å². The Morgan fingerprint density at radius 2 is 2.00 bits per heavy atom. The third-order valence-corrected chi connectivity index (χ3v) is 5.58. The van der Waals surface area contributed by atoms with Crippen molar-refractivity contribution in [3.63, 3.8) is 0 Å². The minimum atomic E-state index is -0.334. The largest absolute Gasteiger partial charge is 0.345 e. The summed E-state index contributed by atoms with van der Waals surface area (Å²) in [5.74, 6) is -0.152. The van der Waals surface area contributed by atoms with Crippen molar-refractivity contribution in [2.75, 3.05) is 10.7 Å². The van der Waals surface area contributed by atoms with E-state index < -0.39 is 0 Å². The number of alkyl halides is 2. The molecule has 0 atom stereocenters. The van der Waals surface area contributed by atoms with E-state index in [4.69, 9.17) is 11.6 Å². The third-order valence-electron chi connectivity index (χ3n) is 2.18. The molecular weight excluding hydrogens is 437 g/mol. The van der Waals surface area contributed by atoms with Crippen LogP contribution in [0.3, 0.4) is 0 Å². The molecular formula is C11H11Br3ClNO. The molecule has 17 heavy (non-hydrogen) atoms. The van der Waals surface area contributed by atoms with Crippen LogP contribution in [0.4, 0.5) is 0 Å². The van der Waals surface area contributed by atoms with E-state index in [2.05, 4.69) is 53.1 Å². The zero-order valence-corrected chi connectivity index (χ0v) is 14.6. The molecule has 1 aromatic carbocycles. The lowest BCUT2D eigenvalue weighted by Gasteiger charge is -2.26. The Bertz CT molecular complexity index is 421. The van der Waals surface area contributed by atoms with Crippen LogP contribution in [0.25, 0.3) is 0 Å². The molecule has 1 rings (SSSR count). The average Bonchev–Trinajstić information content (AvgIpc) is 2.32. The highest BCUT2D eigenvalue weighted by molar-refractivity contribution is 9.10. The van der Waals surface area contributed by atoms with Crippen LogP contribution in [0, 0.1) is 0 Å². The topological polar surface area (TPSA) is 29.1 Å². The van der Waals surface area contributed by atoms with Crippen LogP contribution in [0.2, 0.25) is 5.02 Å². The van der Waals surface area contributed by atoms with Crippen LogP contribution >= 0.6 is 59.4 Å². The standard InChI is InChI=1S/C11H11Br3ClNO/c1-11(5-12,6-13)16-10(17)8-4-7(15)2-3-9(8)14/h2-4H,5-6H2,1H3,(H,16,17). The maximum absolute atomic E-state index is 12.1. The van der Waals surface area contributed by atoms with Gasteiger partial charge >= 0.3 is 0 Å². The Morgan fingerprint density at radius 1 is 1.41 bits per heavy atom. The van der Waals surface area contributed by atoms with E-state index in [-0.39, 0.29) is 11.4 Å². The molecule has 0 saturated heterocycles. The summed E-state index contributed by atoms with van der Waals surface area (Å²) >= 11 is 16.0. The highest BCUT2D eigenvalue weighted by Gasteiger charge is 2.25. The number of amides is 1. The van der Waals surface area contributed by atoms with E-state index in [0.717, 1.165) is 4.47 Å². The summed E-state index contributed by atoms with van der Waals surface area (Å²) in [6, 6.07) is 5.14. The first-order valence-corrected chi connectivity index (χ1v) is 8.23. The number of halogens is 4. The van der Waals surface area contributed by atoms with Gasteiger partial charge in [-0.2, -0.15) is 0 Å². The summed E-state index contributed by atoms with van der Waals surface area (Å²) < 4.78 is 0.728. The zero-order chi connectivity index (χ0) is 13.1. The molecule has 1 N–H and O–H groups in total. The minimum absolute atomic E-state index is 0.152. The van der Waals surface area contributed by atoms with Gasteiger partial charge in [0.15, 0.2) is 0 Å². The molecule has 94 valence electrons. The van der Waals surface area contributed by atoms with E-state index in [9.17, 15) is 4.79 Å². The SMILES string of the molecule is CC(CBr)(CBr)NC(=O)c1cc(Cl)ccc1Br. The molecule has 1 aromatic rings. The molecule has 0 fully saturated rings. The number of hydrogen-bond acceptors (Lipinski definition) is 1. The first kappa shape index (κ1) is 15.5. The number of rotatable bonds is 4. The van der Waals surface area contributed by atoms with Gasteiger partial charge in [0.25, 0.3) is 5.91 Å². The summed E-state index contributed by atoms with van der Waals surface area (Å²) in [6.45, 7) is 1.95. The zero-order valence-electron chi connectivity index (χ0n) is 9.07.